The van der Waals surface area contributed by atoms with Gasteiger partial charge in [-0.15, -0.1) is 0 Å². The molecule has 2 rings (SSSR count). The van der Waals surface area contributed by atoms with E-state index in [-0.39, 0.29) is 11.5 Å². The van der Waals surface area contributed by atoms with Crippen LogP contribution in [-0.2, 0) is 9.84 Å². The van der Waals surface area contributed by atoms with Crippen molar-refractivity contribution in [1.82, 2.24) is 0 Å². The summed E-state index contributed by atoms with van der Waals surface area (Å²) >= 11 is 0. The summed E-state index contributed by atoms with van der Waals surface area (Å²) in [6.07, 6.45) is 2.26. The third-order valence-electron chi connectivity index (χ3n) is 2.41. The molecule has 0 aromatic heterocycles. The average Bonchev–Trinajstić information content (AvgIpc) is 2.29. The molecule has 16 heavy (non-hydrogen) atoms. The number of hydrogen-bond acceptors (Lipinski definition) is 2. The molecule has 1 aliphatic rings. The molecule has 82 valence electrons. The van der Waals surface area contributed by atoms with Crippen LogP contribution < -0.4 is 0 Å². The lowest BCUT2D eigenvalue weighted by molar-refractivity contribution is 0.596. The predicted octanol–water partition coefficient (Wildman–Crippen LogP) is 1.78. The summed E-state index contributed by atoms with van der Waals surface area (Å²) in [5.41, 5.74) is 1.88. The highest BCUT2D eigenvalue weighted by Crippen LogP contribution is 2.11. The van der Waals surface area contributed by atoms with Crippen LogP contribution in [0.1, 0.15) is 12.0 Å². The Bertz CT molecular complexity index is 557. The highest BCUT2D eigenvalue weighted by atomic mass is 32.2. The fourth-order valence-corrected chi connectivity index (χ4v) is 2.62. The Morgan fingerprint density at radius 1 is 1.06 bits per heavy atom. The van der Waals surface area contributed by atoms with Gasteiger partial charge >= 0.3 is 0 Å². The van der Waals surface area contributed by atoms with Crippen LogP contribution in [0.15, 0.2) is 42.0 Å². The van der Waals surface area contributed by atoms with Crippen molar-refractivity contribution >= 4 is 9.84 Å². The lowest BCUT2D eigenvalue weighted by Gasteiger charge is -2.07. The first-order valence-electron chi connectivity index (χ1n) is 5.12. The largest absolute Gasteiger partial charge is 0.229 e. The minimum atomic E-state index is -2.84. The zero-order chi connectivity index (χ0) is 11.4. The van der Waals surface area contributed by atoms with Crippen LogP contribution in [0.25, 0.3) is 0 Å². The summed E-state index contributed by atoms with van der Waals surface area (Å²) in [6, 6.07) is 9.69. The van der Waals surface area contributed by atoms with E-state index in [1.165, 1.54) is 0 Å². The van der Waals surface area contributed by atoms with Crippen LogP contribution in [-0.4, -0.2) is 19.9 Å². The Labute approximate surface area is 95.9 Å². The SMILES string of the molecule is O=S1(=O)CC=C(C#Cc2ccccc2)CC1. The van der Waals surface area contributed by atoms with Gasteiger partial charge in [-0.2, -0.15) is 0 Å². The fraction of sp³-hybridized carbons (Fsp3) is 0.231. The van der Waals surface area contributed by atoms with Gasteiger partial charge in [0.1, 0.15) is 0 Å². The molecule has 2 nitrogen and oxygen atoms in total. The monoisotopic (exact) mass is 232 g/mol. The van der Waals surface area contributed by atoms with Gasteiger partial charge in [0.15, 0.2) is 9.84 Å². The van der Waals surface area contributed by atoms with Crippen LogP contribution in [0.2, 0.25) is 0 Å². The maximum Gasteiger partial charge on any atom is 0.154 e. The van der Waals surface area contributed by atoms with Crippen LogP contribution in [0.5, 0.6) is 0 Å². The molecule has 1 aromatic carbocycles. The topological polar surface area (TPSA) is 34.1 Å². The van der Waals surface area contributed by atoms with E-state index in [1.807, 2.05) is 30.3 Å². The standard InChI is InChI=1S/C13H12O2S/c14-16(15)10-8-13(9-11-16)7-6-12-4-2-1-3-5-12/h1-5,8H,9-11H2. The first-order valence-corrected chi connectivity index (χ1v) is 6.94. The number of sulfone groups is 1. The highest BCUT2D eigenvalue weighted by molar-refractivity contribution is 7.91. The summed E-state index contributed by atoms with van der Waals surface area (Å²) in [5, 5.41) is 0. The van der Waals surface area contributed by atoms with Crippen molar-refractivity contribution in [3.8, 4) is 11.8 Å². The molecule has 0 aliphatic carbocycles. The van der Waals surface area contributed by atoms with Crippen molar-refractivity contribution in [2.24, 2.45) is 0 Å². The van der Waals surface area contributed by atoms with Crippen LogP contribution >= 0.6 is 0 Å². The molecule has 1 heterocycles. The summed E-state index contributed by atoms with van der Waals surface area (Å²) in [6.45, 7) is 0. The molecule has 0 N–H and O–H groups in total. The highest BCUT2D eigenvalue weighted by Gasteiger charge is 2.14. The van der Waals surface area contributed by atoms with E-state index in [2.05, 4.69) is 11.8 Å². The van der Waals surface area contributed by atoms with E-state index < -0.39 is 9.84 Å². The summed E-state index contributed by atoms with van der Waals surface area (Å²) in [7, 11) is -2.84. The molecule has 1 aromatic rings. The van der Waals surface area contributed by atoms with Gasteiger partial charge in [0.25, 0.3) is 0 Å². The third kappa shape index (κ3) is 2.98. The Kier molecular flexibility index (Phi) is 3.12. The van der Waals surface area contributed by atoms with E-state index in [1.54, 1.807) is 6.08 Å². The zero-order valence-corrected chi connectivity index (χ0v) is 9.63. The minimum absolute atomic E-state index is 0.131. The number of rotatable bonds is 0. The lowest BCUT2D eigenvalue weighted by Crippen LogP contribution is -2.14. The van der Waals surface area contributed by atoms with Gasteiger partial charge in [-0.05, 0) is 18.6 Å². The normalized spacial score (nSPS) is 18.1. The third-order valence-corrected chi connectivity index (χ3v) is 3.91. The van der Waals surface area contributed by atoms with Crippen molar-refractivity contribution in [3.63, 3.8) is 0 Å². The summed E-state index contributed by atoms with van der Waals surface area (Å²) < 4.78 is 22.4. The molecule has 0 radical (unpaired) electrons. The molecule has 3 heteroatoms. The van der Waals surface area contributed by atoms with Crippen molar-refractivity contribution in [2.45, 2.75) is 6.42 Å². The first-order chi connectivity index (χ1) is 7.66. The second-order valence-corrected chi connectivity index (χ2v) is 5.94. The average molecular weight is 232 g/mol. The maximum atomic E-state index is 11.2. The van der Waals surface area contributed by atoms with Gasteiger partial charge in [-0.3, -0.25) is 0 Å². The van der Waals surface area contributed by atoms with Gasteiger partial charge in [0, 0.05) is 11.1 Å². The van der Waals surface area contributed by atoms with E-state index >= 15 is 0 Å². The Balaban J connectivity index is 2.13. The van der Waals surface area contributed by atoms with Crippen LogP contribution in [0.3, 0.4) is 0 Å². The van der Waals surface area contributed by atoms with Gasteiger partial charge in [-0.25, -0.2) is 8.42 Å². The molecule has 1 aliphatic heterocycles. The number of allylic oxidation sites excluding steroid dienone is 1. The van der Waals surface area contributed by atoms with Gasteiger partial charge in [0.2, 0.25) is 0 Å². The van der Waals surface area contributed by atoms with Gasteiger partial charge in [0.05, 0.1) is 11.5 Å². The number of hydrogen-bond donors (Lipinski definition) is 0. The molecule has 0 saturated heterocycles. The fourth-order valence-electron chi connectivity index (χ4n) is 1.47. The molecule has 0 fully saturated rings. The van der Waals surface area contributed by atoms with E-state index in [0.717, 1.165) is 11.1 Å². The number of benzene rings is 1. The second kappa shape index (κ2) is 4.54. The van der Waals surface area contributed by atoms with Gasteiger partial charge in [-0.1, -0.05) is 36.1 Å². The summed E-state index contributed by atoms with van der Waals surface area (Å²) in [4.78, 5) is 0. The lowest BCUT2D eigenvalue weighted by atomic mass is 10.1. The van der Waals surface area contributed by atoms with Crippen molar-refractivity contribution < 1.29 is 8.42 Å². The molecule has 0 bridgehead atoms. The predicted molar refractivity (Wildman–Crippen MR) is 64.7 cm³/mol. The molecule has 0 amide bonds. The Morgan fingerprint density at radius 2 is 1.81 bits per heavy atom. The minimum Gasteiger partial charge on any atom is -0.229 e. The quantitative estimate of drug-likeness (QED) is 0.639. The van der Waals surface area contributed by atoms with Crippen molar-refractivity contribution in [1.29, 1.82) is 0 Å². The second-order valence-electron chi connectivity index (χ2n) is 3.71. The molecule has 0 unspecified atom stereocenters. The van der Waals surface area contributed by atoms with Crippen molar-refractivity contribution in [3.05, 3.63) is 47.5 Å². The van der Waals surface area contributed by atoms with Gasteiger partial charge < -0.3 is 0 Å². The smallest absolute Gasteiger partial charge is 0.154 e. The van der Waals surface area contributed by atoms with Crippen LogP contribution in [0.4, 0.5) is 0 Å². The van der Waals surface area contributed by atoms with Crippen LogP contribution in [0, 0.1) is 11.8 Å². The Morgan fingerprint density at radius 3 is 2.44 bits per heavy atom. The summed E-state index contributed by atoms with van der Waals surface area (Å²) in [5.74, 6) is 6.41. The van der Waals surface area contributed by atoms with E-state index in [4.69, 9.17) is 0 Å². The Hall–Kier alpha value is -1.53. The molecular formula is C13H12O2S. The zero-order valence-electron chi connectivity index (χ0n) is 8.81. The molecule has 0 atom stereocenters. The van der Waals surface area contributed by atoms with Crippen molar-refractivity contribution in [2.75, 3.05) is 11.5 Å². The van der Waals surface area contributed by atoms with E-state index in [9.17, 15) is 8.42 Å². The maximum absolute atomic E-state index is 11.2. The molecular weight excluding hydrogens is 220 g/mol. The molecule has 0 spiro atoms. The van der Waals surface area contributed by atoms with E-state index in [0.29, 0.717) is 6.42 Å². The first kappa shape index (κ1) is 11.0. The molecule has 0 saturated carbocycles.